The average Bonchev–Trinajstić information content (AvgIpc) is 1.77. The van der Waals surface area contributed by atoms with Gasteiger partial charge in [0.25, 0.3) is 0 Å². The summed E-state index contributed by atoms with van der Waals surface area (Å²) in [6.45, 7) is 10.8. The fourth-order valence-electron chi connectivity index (χ4n) is 1.34. The molecule has 0 amide bonds. The van der Waals surface area contributed by atoms with E-state index < -0.39 is 15.4 Å². The molecule has 11 heavy (non-hydrogen) atoms. The molecule has 1 saturated heterocycles. The topological polar surface area (TPSA) is 9.23 Å². The molecule has 1 nitrogen and oxygen atoms in total. The van der Waals surface area contributed by atoms with E-state index >= 15 is 0 Å². The van der Waals surface area contributed by atoms with Gasteiger partial charge in [-0.1, -0.05) is 19.1 Å². The summed E-state index contributed by atoms with van der Waals surface area (Å²) in [6.07, 6.45) is 1.32. The molecule has 1 rings (SSSR count). The number of hydrogen-bond acceptors (Lipinski definition) is 1. The fraction of sp³-hybridized carbons (Fsp3) is 1.00. The molecule has 0 bridgehead atoms. The zero-order valence-corrected chi connectivity index (χ0v) is 12.4. The van der Waals surface area contributed by atoms with Crippen molar-refractivity contribution in [3.8, 4) is 0 Å². The minimum atomic E-state index is -1.18. The van der Waals surface area contributed by atoms with Crippen molar-refractivity contribution in [2.45, 2.75) is 38.7 Å². The molecule has 1 aliphatic rings. The van der Waals surface area contributed by atoms with E-state index in [0.29, 0.717) is 0 Å². The Hall–Kier alpha value is 1.65. The zero-order chi connectivity index (χ0) is 7.83. The smallest absolute Gasteiger partial charge is 1.00 e. The van der Waals surface area contributed by atoms with Gasteiger partial charge in [0.05, 0.1) is 7.59 Å². The van der Waals surface area contributed by atoms with Crippen LogP contribution in [0.2, 0.25) is 32.2 Å². The van der Waals surface area contributed by atoms with Crippen LogP contribution < -0.4 is 0 Å². The van der Waals surface area contributed by atoms with Crippen LogP contribution in [0, 0.1) is 0 Å². The minimum Gasteiger partial charge on any atom is -1.00 e. The molecule has 0 aromatic heterocycles. The summed E-state index contributed by atoms with van der Waals surface area (Å²) in [6, 6.07) is 1.49. The molecular formula is C7H20CaOSi2. The van der Waals surface area contributed by atoms with Crippen LogP contribution >= 0.6 is 0 Å². The van der Waals surface area contributed by atoms with E-state index in [4.69, 9.17) is 4.43 Å². The largest absolute Gasteiger partial charge is 2.00 e. The van der Waals surface area contributed by atoms with Gasteiger partial charge in [0, 0.05) is 6.61 Å². The van der Waals surface area contributed by atoms with E-state index in [0.717, 1.165) is 6.61 Å². The summed E-state index contributed by atoms with van der Waals surface area (Å²) < 4.78 is 5.88. The van der Waals surface area contributed by atoms with E-state index in [1.165, 1.54) is 12.5 Å². The van der Waals surface area contributed by atoms with Crippen LogP contribution in [-0.4, -0.2) is 59.8 Å². The van der Waals surface area contributed by atoms with Gasteiger partial charge < -0.3 is 7.28 Å². The fourth-order valence-corrected chi connectivity index (χ4v) is 7.83. The quantitative estimate of drug-likeness (QED) is 0.564. The molecular weight excluding hydrogens is 196 g/mol. The second kappa shape index (κ2) is 4.24. The molecule has 4 heteroatoms. The average molecular weight is 216 g/mol. The summed E-state index contributed by atoms with van der Waals surface area (Å²) in [5.74, 6) is 0. The SMILES string of the molecule is C[Si]1(C)CCCO[Si]1(C)C.[Ca+2].[H-].[H-]. The summed E-state index contributed by atoms with van der Waals surface area (Å²) in [4.78, 5) is 0. The van der Waals surface area contributed by atoms with E-state index in [2.05, 4.69) is 26.2 Å². The van der Waals surface area contributed by atoms with Crippen LogP contribution in [-0.2, 0) is 4.43 Å². The van der Waals surface area contributed by atoms with Crippen LogP contribution in [0.1, 0.15) is 9.27 Å². The van der Waals surface area contributed by atoms with Gasteiger partial charge >= 0.3 is 37.7 Å². The third-order valence-corrected chi connectivity index (χ3v) is 19.8. The van der Waals surface area contributed by atoms with Crippen LogP contribution in [0.15, 0.2) is 0 Å². The Morgan fingerprint density at radius 1 is 1.18 bits per heavy atom. The van der Waals surface area contributed by atoms with Gasteiger partial charge in [-0.3, -0.25) is 0 Å². The Morgan fingerprint density at radius 3 is 2.00 bits per heavy atom. The standard InChI is InChI=1S/C7H18OSi2.Ca.2H/c1-9(2)7-5-6-8-10(9,3)4;;;/h5-7H2,1-4H3;;;/q;+2;2*-1. The summed E-state index contributed by atoms with van der Waals surface area (Å²) in [5, 5.41) is 0. The van der Waals surface area contributed by atoms with Gasteiger partial charge in [-0.25, -0.2) is 0 Å². The van der Waals surface area contributed by atoms with Gasteiger partial charge in [-0.2, -0.15) is 0 Å². The Labute approximate surface area is 105 Å². The molecule has 1 fully saturated rings. The zero-order valence-electron chi connectivity index (χ0n) is 10.2. The molecule has 0 aromatic carbocycles. The molecule has 1 aliphatic heterocycles. The molecule has 64 valence electrons. The predicted molar refractivity (Wildman–Crippen MR) is 58.3 cm³/mol. The normalized spacial score (nSPS) is 27.3. The Bertz CT molecular complexity index is 128. The summed E-state index contributed by atoms with van der Waals surface area (Å²) >= 11 is 0. The molecule has 1 heterocycles. The first kappa shape index (κ1) is 12.7. The van der Waals surface area contributed by atoms with E-state index in [-0.39, 0.29) is 40.6 Å². The van der Waals surface area contributed by atoms with Crippen molar-refractivity contribution in [3.63, 3.8) is 0 Å². The van der Waals surface area contributed by atoms with Crippen LogP contribution in [0.3, 0.4) is 0 Å². The van der Waals surface area contributed by atoms with Gasteiger partial charge in [-0.05, 0) is 19.5 Å². The molecule has 0 radical (unpaired) electrons. The molecule has 0 saturated carbocycles. The molecule has 0 atom stereocenters. The minimum absolute atomic E-state index is 0. The molecule has 0 aliphatic carbocycles. The Morgan fingerprint density at radius 2 is 1.73 bits per heavy atom. The van der Waals surface area contributed by atoms with Gasteiger partial charge in [0.15, 0.2) is 7.83 Å². The first-order valence-electron chi connectivity index (χ1n) is 4.10. The maximum atomic E-state index is 5.88. The summed E-state index contributed by atoms with van der Waals surface area (Å²) in [5.41, 5.74) is 0. The van der Waals surface area contributed by atoms with Crippen molar-refractivity contribution in [3.05, 3.63) is 0 Å². The molecule has 0 N–H and O–H groups in total. The van der Waals surface area contributed by atoms with Crippen LogP contribution in [0.4, 0.5) is 0 Å². The predicted octanol–water partition coefficient (Wildman–Crippen LogP) is 2.24. The third-order valence-electron chi connectivity index (χ3n) is 3.04. The van der Waals surface area contributed by atoms with Crippen molar-refractivity contribution in [1.82, 2.24) is 0 Å². The van der Waals surface area contributed by atoms with Crippen molar-refractivity contribution < 1.29 is 7.28 Å². The Balaban J connectivity index is -0.000000333. The van der Waals surface area contributed by atoms with Gasteiger partial charge in [0.1, 0.15) is 0 Å². The number of rotatable bonds is 0. The summed E-state index contributed by atoms with van der Waals surface area (Å²) in [7, 11) is -2.08. The maximum absolute atomic E-state index is 5.88. The van der Waals surface area contributed by atoms with Gasteiger partial charge in [0.2, 0.25) is 0 Å². The third kappa shape index (κ3) is 2.81. The molecule has 0 aromatic rings. The second-order valence-electron chi connectivity index (χ2n) is 4.35. The van der Waals surface area contributed by atoms with Crippen LogP contribution in [0.5, 0.6) is 0 Å². The first-order chi connectivity index (χ1) is 4.46. The number of hydrogen-bond donors (Lipinski definition) is 0. The van der Waals surface area contributed by atoms with Crippen molar-refractivity contribution >= 4 is 53.2 Å². The van der Waals surface area contributed by atoms with Crippen molar-refractivity contribution in [1.29, 1.82) is 0 Å². The Kier molecular flexibility index (Phi) is 4.88. The van der Waals surface area contributed by atoms with E-state index in [9.17, 15) is 0 Å². The molecule has 0 spiro atoms. The first-order valence-corrected chi connectivity index (χ1v) is 11.2. The maximum Gasteiger partial charge on any atom is 2.00 e. The van der Waals surface area contributed by atoms with Gasteiger partial charge in [-0.15, -0.1) is 0 Å². The van der Waals surface area contributed by atoms with E-state index in [1.807, 2.05) is 0 Å². The molecule has 0 unspecified atom stereocenters. The van der Waals surface area contributed by atoms with E-state index in [1.54, 1.807) is 0 Å². The van der Waals surface area contributed by atoms with Crippen LogP contribution in [0.25, 0.3) is 0 Å². The second-order valence-corrected chi connectivity index (χ2v) is 19.6. The van der Waals surface area contributed by atoms with Crippen molar-refractivity contribution in [2.75, 3.05) is 6.61 Å². The monoisotopic (exact) mass is 216 g/mol. The van der Waals surface area contributed by atoms with Crippen molar-refractivity contribution in [2.24, 2.45) is 0 Å².